The fourth-order valence-electron chi connectivity index (χ4n) is 3.51. The van der Waals surface area contributed by atoms with Gasteiger partial charge in [-0.25, -0.2) is 0 Å². The molecular weight excluding hydrogens is 348 g/mol. The number of carbonyl (C=O) groups is 3. The SMILES string of the molecule is CC(=O)O[C@H](C)CCCCN1C(=O)C(C)N(CCCC[C@@H](C)O)C(=O)C1C. The number of carbonyl (C=O) groups excluding carboxylic acids is 3. The van der Waals surface area contributed by atoms with Gasteiger partial charge in [-0.2, -0.15) is 0 Å². The Hall–Kier alpha value is -1.63. The number of amides is 2. The zero-order valence-corrected chi connectivity index (χ0v) is 17.4. The van der Waals surface area contributed by atoms with Crippen LogP contribution >= 0.6 is 0 Å². The maximum Gasteiger partial charge on any atom is 0.302 e. The standard InChI is InChI=1S/C20H36N2O5/c1-14(23)10-6-8-12-21-16(3)20(26)22(17(4)19(21)25)13-9-7-11-15(2)27-18(5)24/h14-17,23H,6-13H2,1-5H3/t14-,15-,16?,17?/m1/s1. The molecule has 0 bridgehead atoms. The molecule has 0 spiro atoms. The summed E-state index contributed by atoms with van der Waals surface area (Å²) in [7, 11) is 0. The highest BCUT2D eigenvalue weighted by atomic mass is 16.5. The molecule has 27 heavy (non-hydrogen) atoms. The van der Waals surface area contributed by atoms with E-state index in [1.165, 1.54) is 6.92 Å². The largest absolute Gasteiger partial charge is 0.463 e. The second-order valence-corrected chi connectivity index (χ2v) is 7.68. The fraction of sp³-hybridized carbons (Fsp3) is 0.850. The first-order valence-electron chi connectivity index (χ1n) is 10.1. The van der Waals surface area contributed by atoms with Gasteiger partial charge in [-0.15, -0.1) is 0 Å². The van der Waals surface area contributed by atoms with E-state index in [1.807, 2.05) is 6.92 Å². The molecule has 1 aliphatic heterocycles. The third-order valence-corrected chi connectivity index (χ3v) is 5.11. The molecule has 0 aromatic carbocycles. The Bertz CT molecular complexity index is 509. The van der Waals surface area contributed by atoms with Gasteiger partial charge in [0.05, 0.1) is 12.2 Å². The molecule has 0 aliphatic carbocycles. The number of nitrogens with zero attached hydrogens (tertiary/aromatic N) is 2. The van der Waals surface area contributed by atoms with Crippen LogP contribution in [0.5, 0.6) is 0 Å². The van der Waals surface area contributed by atoms with Crippen LogP contribution in [-0.4, -0.2) is 70.1 Å². The minimum atomic E-state index is -0.448. The summed E-state index contributed by atoms with van der Waals surface area (Å²) < 4.78 is 5.10. The van der Waals surface area contributed by atoms with Crippen molar-refractivity contribution in [1.82, 2.24) is 9.80 Å². The number of aliphatic hydroxyl groups is 1. The molecule has 0 radical (unpaired) electrons. The van der Waals surface area contributed by atoms with Crippen molar-refractivity contribution in [3.05, 3.63) is 0 Å². The summed E-state index contributed by atoms with van der Waals surface area (Å²) in [6.07, 6.45) is 4.21. The molecule has 0 aromatic rings. The molecule has 2 unspecified atom stereocenters. The van der Waals surface area contributed by atoms with E-state index in [2.05, 4.69) is 0 Å². The quantitative estimate of drug-likeness (QED) is 0.435. The highest BCUT2D eigenvalue weighted by Gasteiger charge is 2.40. The molecule has 1 rings (SSSR count). The number of rotatable bonds is 11. The number of esters is 1. The van der Waals surface area contributed by atoms with E-state index in [-0.39, 0.29) is 30.0 Å². The predicted molar refractivity (Wildman–Crippen MR) is 103 cm³/mol. The van der Waals surface area contributed by atoms with Crippen molar-refractivity contribution < 1.29 is 24.2 Å². The Morgan fingerprint density at radius 2 is 1.41 bits per heavy atom. The van der Waals surface area contributed by atoms with Crippen molar-refractivity contribution in [2.45, 2.75) is 97.4 Å². The highest BCUT2D eigenvalue weighted by Crippen LogP contribution is 2.20. The third-order valence-electron chi connectivity index (χ3n) is 5.11. The van der Waals surface area contributed by atoms with Crippen molar-refractivity contribution in [3.63, 3.8) is 0 Å². The van der Waals surface area contributed by atoms with Gasteiger partial charge in [0.1, 0.15) is 12.1 Å². The third kappa shape index (κ3) is 7.48. The van der Waals surface area contributed by atoms with E-state index < -0.39 is 12.1 Å². The Balaban J connectivity index is 2.47. The second kappa shape index (κ2) is 11.3. The Labute approximate surface area is 163 Å². The zero-order chi connectivity index (χ0) is 20.6. The molecule has 1 fully saturated rings. The smallest absolute Gasteiger partial charge is 0.302 e. The summed E-state index contributed by atoms with van der Waals surface area (Å²) in [5, 5.41) is 9.33. The monoisotopic (exact) mass is 384 g/mol. The van der Waals surface area contributed by atoms with Gasteiger partial charge in [-0.3, -0.25) is 14.4 Å². The van der Waals surface area contributed by atoms with Gasteiger partial charge in [0, 0.05) is 20.0 Å². The van der Waals surface area contributed by atoms with Crippen LogP contribution in [0.3, 0.4) is 0 Å². The molecule has 1 heterocycles. The first kappa shape index (κ1) is 23.4. The second-order valence-electron chi connectivity index (χ2n) is 7.68. The van der Waals surface area contributed by atoms with Crippen LogP contribution in [-0.2, 0) is 19.1 Å². The predicted octanol–water partition coefficient (Wildman–Crippen LogP) is 2.11. The fourth-order valence-corrected chi connectivity index (χ4v) is 3.51. The minimum Gasteiger partial charge on any atom is -0.463 e. The maximum atomic E-state index is 12.7. The lowest BCUT2D eigenvalue weighted by atomic mass is 10.0. The minimum absolute atomic E-state index is 0.00701. The average Bonchev–Trinajstić information content (AvgIpc) is 2.57. The lowest BCUT2D eigenvalue weighted by Crippen LogP contribution is -2.63. The summed E-state index contributed by atoms with van der Waals surface area (Å²) >= 11 is 0. The molecular formula is C20H36N2O5. The number of hydrogen-bond donors (Lipinski definition) is 1. The molecule has 7 nitrogen and oxygen atoms in total. The van der Waals surface area contributed by atoms with Gasteiger partial charge in [0.15, 0.2) is 0 Å². The molecule has 0 saturated carbocycles. The van der Waals surface area contributed by atoms with Crippen LogP contribution in [0.25, 0.3) is 0 Å². The summed E-state index contributed by atoms with van der Waals surface area (Å²) in [6, 6.07) is -0.892. The number of unbranched alkanes of at least 4 members (excludes halogenated alkanes) is 2. The van der Waals surface area contributed by atoms with Crippen molar-refractivity contribution in [2.24, 2.45) is 0 Å². The van der Waals surface area contributed by atoms with Crippen LogP contribution in [0.2, 0.25) is 0 Å². The molecule has 2 amide bonds. The number of aliphatic hydroxyl groups excluding tert-OH is 1. The zero-order valence-electron chi connectivity index (χ0n) is 17.4. The van der Waals surface area contributed by atoms with E-state index >= 15 is 0 Å². The first-order chi connectivity index (χ1) is 12.6. The van der Waals surface area contributed by atoms with Gasteiger partial charge in [0.2, 0.25) is 11.8 Å². The van der Waals surface area contributed by atoms with Crippen molar-refractivity contribution in [3.8, 4) is 0 Å². The van der Waals surface area contributed by atoms with E-state index in [4.69, 9.17) is 4.74 Å². The summed E-state index contributed by atoms with van der Waals surface area (Å²) in [5.41, 5.74) is 0. The lowest BCUT2D eigenvalue weighted by molar-refractivity contribution is -0.160. The van der Waals surface area contributed by atoms with E-state index in [0.29, 0.717) is 19.5 Å². The van der Waals surface area contributed by atoms with Gasteiger partial charge >= 0.3 is 5.97 Å². The summed E-state index contributed by atoms with van der Waals surface area (Å²) in [4.78, 5) is 39.7. The van der Waals surface area contributed by atoms with Gasteiger partial charge in [-0.05, 0) is 66.2 Å². The van der Waals surface area contributed by atoms with Crippen LogP contribution in [0.15, 0.2) is 0 Å². The molecule has 1 N–H and O–H groups in total. The van der Waals surface area contributed by atoms with E-state index in [1.54, 1.807) is 30.6 Å². The molecule has 1 saturated heterocycles. The molecule has 1 aliphatic rings. The normalized spacial score (nSPS) is 22.7. The molecule has 156 valence electrons. The van der Waals surface area contributed by atoms with Gasteiger partial charge < -0.3 is 19.6 Å². The van der Waals surface area contributed by atoms with E-state index in [9.17, 15) is 19.5 Å². The Kier molecular flexibility index (Phi) is 9.77. The van der Waals surface area contributed by atoms with Crippen LogP contribution in [0.4, 0.5) is 0 Å². The van der Waals surface area contributed by atoms with E-state index in [0.717, 1.165) is 32.1 Å². The summed E-state index contributed by atoms with van der Waals surface area (Å²) in [5.74, 6) is -0.298. The van der Waals surface area contributed by atoms with Gasteiger partial charge in [0.25, 0.3) is 0 Å². The highest BCUT2D eigenvalue weighted by molar-refractivity contribution is 5.96. The van der Waals surface area contributed by atoms with Crippen LogP contribution in [0, 0.1) is 0 Å². The molecule has 7 heteroatoms. The number of piperazine rings is 1. The topological polar surface area (TPSA) is 87.2 Å². The van der Waals surface area contributed by atoms with Crippen molar-refractivity contribution in [2.75, 3.05) is 13.1 Å². The van der Waals surface area contributed by atoms with Crippen molar-refractivity contribution >= 4 is 17.8 Å². The summed E-state index contributed by atoms with van der Waals surface area (Å²) in [6.45, 7) is 9.68. The first-order valence-corrected chi connectivity index (χ1v) is 10.1. The Morgan fingerprint density at radius 1 is 0.963 bits per heavy atom. The number of ether oxygens (including phenoxy) is 1. The van der Waals surface area contributed by atoms with Gasteiger partial charge in [-0.1, -0.05) is 0 Å². The molecule has 4 atom stereocenters. The van der Waals surface area contributed by atoms with Crippen LogP contribution in [0.1, 0.15) is 73.1 Å². The maximum absolute atomic E-state index is 12.7. The van der Waals surface area contributed by atoms with Crippen molar-refractivity contribution in [1.29, 1.82) is 0 Å². The lowest BCUT2D eigenvalue weighted by Gasteiger charge is -2.43. The number of hydrogen-bond acceptors (Lipinski definition) is 5. The average molecular weight is 385 g/mol. The van der Waals surface area contributed by atoms with Crippen LogP contribution < -0.4 is 0 Å². The Morgan fingerprint density at radius 3 is 1.81 bits per heavy atom. The molecule has 0 aromatic heterocycles.